The Hall–Kier alpha value is -2.44. The van der Waals surface area contributed by atoms with Crippen LogP contribution in [0.4, 0.5) is 5.69 Å². The second-order valence-corrected chi connectivity index (χ2v) is 5.39. The van der Waals surface area contributed by atoms with E-state index in [9.17, 15) is 4.79 Å². The number of aliphatic imine (C=N–C) groups is 1. The molecule has 6 nitrogen and oxygen atoms in total. The summed E-state index contributed by atoms with van der Waals surface area (Å²) < 4.78 is 5.17. The molecule has 2 aromatic rings. The summed E-state index contributed by atoms with van der Waals surface area (Å²) in [6.45, 7) is -0.0887. The van der Waals surface area contributed by atoms with Crippen molar-refractivity contribution in [3.8, 4) is 5.88 Å². The minimum absolute atomic E-state index is 0.0887. The number of hydrogen-bond donors (Lipinski definition) is 1. The highest BCUT2D eigenvalue weighted by atomic mass is 35.5. The highest BCUT2D eigenvalue weighted by Gasteiger charge is 2.19. The summed E-state index contributed by atoms with van der Waals surface area (Å²) in [5.74, 6) is 0.260. The standard InChI is InChI=1S/C17H19ClN4O2/c1-20-17(13-5-4-6-15(21-13)24-3)12-9-11(18)7-8-14(12)22(2)16(23)10-19/h4-9H,10,19H2,1-3H3. The molecule has 2 N–H and O–H groups in total. The lowest BCUT2D eigenvalue weighted by atomic mass is 10.0. The Labute approximate surface area is 145 Å². The van der Waals surface area contributed by atoms with Crippen molar-refractivity contribution in [1.29, 1.82) is 0 Å². The molecule has 1 amide bonds. The van der Waals surface area contributed by atoms with Crippen LogP contribution in [-0.4, -0.2) is 44.4 Å². The smallest absolute Gasteiger partial charge is 0.240 e. The molecule has 0 aliphatic carbocycles. The number of halogens is 1. The molecule has 0 saturated carbocycles. The van der Waals surface area contributed by atoms with E-state index in [2.05, 4.69) is 9.98 Å². The third kappa shape index (κ3) is 3.72. The van der Waals surface area contributed by atoms with E-state index in [1.165, 1.54) is 4.90 Å². The molecule has 1 heterocycles. The fraction of sp³-hybridized carbons (Fsp3) is 0.235. The predicted octanol–water partition coefficient (Wildman–Crippen LogP) is 2.13. The zero-order valence-corrected chi connectivity index (χ0v) is 14.5. The van der Waals surface area contributed by atoms with Crippen molar-refractivity contribution in [2.45, 2.75) is 0 Å². The first kappa shape index (κ1) is 17.9. The summed E-state index contributed by atoms with van der Waals surface area (Å²) in [6, 6.07) is 10.6. The van der Waals surface area contributed by atoms with E-state index in [0.717, 1.165) is 0 Å². The molecule has 1 aromatic carbocycles. The number of ether oxygens (including phenoxy) is 1. The normalized spacial score (nSPS) is 11.3. The average Bonchev–Trinajstić information content (AvgIpc) is 2.61. The molecule has 0 atom stereocenters. The van der Waals surface area contributed by atoms with Crippen LogP contribution in [0, 0.1) is 0 Å². The summed E-state index contributed by atoms with van der Waals surface area (Å²) >= 11 is 6.15. The largest absolute Gasteiger partial charge is 0.481 e. The van der Waals surface area contributed by atoms with Gasteiger partial charge in [0, 0.05) is 30.7 Å². The Balaban J connectivity index is 2.59. The number of likely N-dealkylation sites (N-methyl/N-ethyl adjacent to an activating group) is 1. The Morgan fingerprint density at radius 1 is 1.38 bits per heavy atom. The van der Waals surface area contributed by atoms with E-state index in [-0.39, 0.29) is 12.5 Å². The highest BCUT2D eigenvalue weighted by molar-refractivity contribution is 6.31. The lowest BCUT2D eigenvalue weighted by Crippen LogP contribution is -2.33. The third-order valence-electron chi connectivity index (χ3n) is 3.52. The Kier molecular flexibility index (Phi) is 5.89. The summed E-state index contributed by atoms with van der Waals surface area (Å²) in [4.78, 5) is 22.2. The van der Waals surface area contributed by atoms with Gasteiger partial charge in [0.1, 0.15) is 0 Å². The Morgan fingerprint density at radius 3 is 2.75 bits per heavy atom. The number of aromatic nitrogens is 1. The maximum atomic E-state index is 12.0. The maximum Gasteiger partial charge on any atom is 0.240 e. The van der Waals surface area contributed by atoms with Gasteiger partial charge in [-0.2, -0.15) is 0 Å². The summed E-state index contributed by atoms with van der Waals surface area (Å²) in [7, 11) is 4.87. The number of nitrogens with zero attached hydrogens (tertiary/aromatic N) is 3. The highest BCUT2D eigenvalue weighted by Crippen LogP contribution is 2.27. The number of hydrogen-bond acceptors (Lipinski definition) is 5. The van der Waals surface area contributed by atoms with E-state index in [0.29, 0.717) is 33.6 Å². The molecule has 1 aromatic heterocycles. The molecule has 0 spiro atoms. The van der Waals surface area contributed by atoms with Gasteiger partial charge in [0.15, 0.2) is 0 Å². The number of benzene rings is 1. The molecule has 126 valence electrons. The van der Waals surface area contributed by atoms with Crippen molar-refractivity contribution in [3.05, 3.63) is 52.7 Å². The SMILES string of the molecule is CN=C(c1cccc(OC)n1)c1cc(Cl)ccc1N(C)C(=O)CN. The van der Waals surface area contributed by atoms with Crippen LogP contribution in [0.15, 0.2) is 41.4 Å². The van der Waals surface area contributed by atoms with Gasteiger partial charge in [-0.05, 0) is 24.3 Å². The molecular weight excluding hydrogens is 328 g/mol. The Morgan fingerprint density at radius 2 is 2.12 bits per heavy atom. The van der Waals surface area contributed by atoms with Crippen LogP contribution in [0.1, 0.15) is 11.3 Å². The summed E-state index contributed by atoms with van der Waals surface area (Å²) in [5.41, 5.74) is 8.03. The van der Waals surface area contributed by atoms with E-state index in [1.54, 1.807) is 45.5 Å². The molecule has 0 aliphatic rings. The molecule has 2 rings (SSSR count). The van der Waals surface area contributed by atoms with Crippen molar-refractivity contribution in [2.75, 3.05) is 32.6 Å². The van der Waals surface area contributed by atoms with Gasteiger partial charge >= 0.3 is 0 Å². The van der Waals surface area contributed by atoms with Gasteiger partial charge in [0.2, 0.25) is 11.8 Å². The van der Waals surface area contributed by atoms with Crippen molar-refractivity contribution in [3.63, 3.8) is 0 Å². The number of methoxy groups -OCH3 is 1. The third-order valence-corrected chi connectivity index (χ3v) is 3.76. The first-order valence-electron chi connectivity index (χ1n) is 7.26. The number of nitrogens with two attached hydrogens (primary N) is 1. The second kappa shape index (κ2) is 7.90. The van der Waals surface area contributed by atoms with Crippen LogP contribution in [-0.2, 0) is 4.79 Å². The van der Waals surface area contributed by atoms with Crippen LogP contribution in [0.25, 0.3) is 0 Å². The van der Waals surface area contributed by atoms with E-state index in [1.807, 2.05) is 12.1 Å². The lowest BCUT2D eigenvalue weighted by Gasteiger charge is -2.21. The van der Waals surface area contributed by atoms with Gasteiger partial charge in [-0.15, -0.1) is 0 Å². The molecule has 0 saturated heterocycles. The van der Waals surface area contributed by atoms with Crippen LogP contribution in [0.2, 0.25) is 5.02 Å². The van der Waals surface area contributed by atoms with Crippen molar-refractivity contribution in [1.82, 2.24) is 4.98 Å². The van der Waals surface area contributed by atoms with Crippen molar-refractivity contribution < 1.29 is 9.53 Å². The Bertz CT molecular complexity index is 777. The second-order valence-electron chi connectivity index (χ2n) is 4.96. The minimum Gasteiger partial charge on any atom is -0.481 e. The molecule has 7 heteroatoms. The first-order valence-corrected chi connectivity index (χ1v) is 7.64. The van der Waals surface area contributed by atoms with Gasteiger partial charge in [-0.3, -0.25) is 9.79 Å². The van der Waals surface area contributed by atoms with Gasteiger partial charge in [0.05, 0.1) is 30.7 Å². The number of anilines is 1. The number of carbonyl (C=O) groups is 1. The summed E-state index contributed by atoms with van der Waals surface area (Å²) in [6.07, 6.45) is 0. The molecule has 0 aliphatic heterocycles. The van der Waals surface area contributed by atoms with Crippen LogP contribution in [0.5, 0.6) is 5.88 Å². The van der Waals surface area contributed by atoms with Crippen LogP contribution in [0.3, 0.4) is 0 Å². The number of carbonyl (C=O) groups excluding carboxylic acids is 1. The van der Waals surface area contributed by atoms with E-state index >= 15 is 0 Å². The topological polar surface area (TPSA) is 80.8 Å². The predicted molar refractivity (Wildman–Crippen MR) is 96.3 cm³/mol. The fourth-order valence-electron chi connectivity index (χ4n) is 2.30. The van der Waals surface area contributed by atoms with Gasteiger partial charge < -0.3 is 15.4 Å². The lowest BCUT2D eigenvalue weighted by molar-refractivity contribution is -0.117. The van der Waals surface area contributed by atoms with Crippen LogP contribution >= 0.6 is 11.6 Å². The van der Waals surface area contributed by atoms with E-state index in [4.69, 9.17) is 22.1 Å². The molecule has 0 unspecified atom stereocenters. The van der Waals surface area contributed by atoms with Crippen molar-refractivity contribution >= 4 is 28.9 Å². The van der Waals surface area contributed by atoms with Crippen LogP contribution < -0.4 is 15.4 Å². The summed E-state index contributed by atoms with van der Waals surface area (Å²) in [5, 5.41) is 0.534. The quantitative estimate of drug-likeness (QED) is 0.841. The average molecular weight is 347 g/mol. The zero-order valence-electron chi connectivity index (χ0n) is 13.8. The fourth-order valence-corrected chi connectivity index (χ4v) is 2.47. The number of pyridine rings is 1. The van der Waals surface area contributed by atoms with Gasteiger partial charge in [-0.25, -0.2) is 4.98 Å². The number of amides is 1. The molecule has 0 bridgehead atoms. The first-order chi connectivity index (χ1) is 11.5. The molecule has 0 radical (unpaired) electrons. The zero-order chi connectivity index (χ0) is 17.7. The number of rotatable bonds is 5. The molecule has 0 fully saturated rings. The molecule has 24 heavy (non-hydrogen) atoms. The monoisotopic (exact) mass is 346 g/mol. The maximum absolute atomic E-state index is 12.0. The van der Waals surface area contributed by atoms with E-state index < -0.39 is 0 Å². The van der Waals surface area contributed by atoms with Gasteiger partial charge in [0.25, 0.3) is 0 Å². The molecular formula is C17H19ClN4O2. The minimum atomic E-state index is -0.215. The van der Waals surface area contributed by atoms with Gasteiger partial charge in [-0.1, -0.05) is 17.7 Å². The van der Waals surface area contributed by atoms with Crippen molar-refractivity contribution in [2.24, 2.45) is 10.7 Å².